The Morgan fingerprint density at radius 3 is 2.46 bits per heavy atom. The van der Waals surface area contributed by atoms with Gasteiger partial charge in [0.2, 0.25) is 0 Å². The molecule has 1 N–H and O–H groups in total. The molecule has 0 bridgehead atoms. The first-order valence-electron chi connectivity index (χ1n) is 5.16. The van der Waals surface area contributed by atoms with Crippen LogP contribution < -0.4 is 5.32 Å². The van der Waals surface area contributed by atoms with Crippen LogP contribution in [0.1, 0.15) is 40.0 Å². The Balaban J connectivity index is 2.18. The highest BCUT2D eigenvalue weighted by molar-refractivity contribution is 5.11. The summed E-state index contributed by atoms with van der Waals surface area (Å²) in [5.74, 6) is 0. The van der Waals surface area contributed by atoms with Crippen LogP contribution in [0.2, 0.25) is 0 Å². The van der Waals surface area contributed by atoms with E-state index in [9.17, 15) is 0 Å². The fraction of sp³-hybridized carbons (Fsp3) is 0.909. The van der Waals surface area contributed by atoms with Gasteiger partial charge in [-0.1, -0.05) is 20.8 Å². The van der Waals surface area contributed by atoms with Gasteiger partial charge in [0, 0.05) is 13.1 Å². The van der Waals surface area contributed by atoms with E-state index < -0.39 is 0 Å². The Bertz CT molecular complexity index is 209. The van der Waals surface area contributed by atoms with E-state index in [1.54, 1.807) is 0 Å². The Morgan fingerprint density at radius 2 is 2.08 bits per heavy atom. The monoisotopic (exact) mass is 180 g/mol. The summed E-state index contributed by atoms with van der Waals surface area (Å²) in [6, 6.07) is 2.39. The van der Waals surface area contributed by atoms with E-state index in [0.29, 0.717) is 5.41 Å². The molecule has 0 aromatic heterocycles. The fourth-order valence-electron chi connectivity index (χ4n) is 1.24. The lowest BCUT2D eigenvalue weighted by molar-refractivity contribution is 0.321. The van der Waals surface area contributed by atoms with E-state index in [-0.39, 0.29) is 5.41 Å². The van der Waals surface area contributed by atoms with Crippen molar-refractivity contribution < 1.29 is 0 Å². The van der Waals surface area contributed by atoms with Gasteiger partial charge in [-0.2, -0.15) is 5.26 Å². The number of hydrogen-bond acceptors (Lipinski definition) is 2. The molecule has 13 heavy (non-hydrogen) atoms. The van der Waals surface area contributed by atoms with Gasteiger partial charge in [0.25, 0.3) is 0 Å². The molecule has 0 aromatic rings. The summed E-state index contributed by atoms with van der Waals surface area (Å²) in [4.78, 5) is 0. The molecule has 2 nitrogen and oxygen atoms in total. The second kappa shape index (κ2) is 3.67. The van der Waals surface area contributed by atoms with Crippen LogP contribution in [0.3, 0.4) is 0 Å². The first-order chi connectivity index (χ1) is 6.04. The predicted molar refractivity (Wildman–Crippen MR) is 54.2 cm³/mol. The molecule has 0 aliphatic heterocycles. The van der Waals surface area contributed by atoms with Crippen molar-refractivity contribution in [3.63, 3.8) is 0 Å². The van der Waals surface area contributed by atoms with Crippen molar-refractivity contribution in [2.75, 3.05) is 13.1 Å². The van der Waals surface area contributed by atoms with Crippen LogP contribution >= 0.6 is 0 Å². The Labute approximate surface area is 81.3 Å². The highest BCUT2D eigenvalue weighted by Crippen LogP contribution is 2.44. The minimum absolute atomic E-state index is 0.00379. The van der Waals surface area contributed by atoms with Crippen molar-refractivity contribution in [2.24, 2.45) is 10.8 Å². The predicted octanol–water partition coefficient (Wildman–Crippen LogP) is 2.32. The lowest BCUT2D eigenvalue weighted by atomic mass is 9.90. The van der Waals surface area contributed by atoms with Gasteiger partial charge in [0.15, 0.2) is 0 Å². The molecule has 0 radical (unpaired) electrons. The van der Waals surface area contributed by atoms with E-state index in [4.69, 9.17) is 5.26 Å². The molecule has 74 valence electrons. The average Bonchev–Trinajstić information content (AvgIpc) is 2.85. The summed E-state index contributed by atoms with van der Waals surface area (Å²) in [5.41, 5.74) is 0.370. The molecule has 1 aliphatic rings. The molecule has 0 spiro atoms. The summed E-state index contributed by atoms with van der Waals surface area (Å²) in [7, 11) is 0. The zero-order valence-corrected chi connectivity index (χ0v) is 8.98. The van der Waals surface area contributed by atoms with Crippen LogP contribution in [0.15, 0.2) is 0 Å². The third-order valence-corrected chi connectivity index (χ3v) is 3.11. The molecule has 0 unspecified atom stereocenters. The van der Waals surface area contributed by atoms with E-state index in [1.807, 2.05) is 0 Å². The first-order valence-corrected chi connectivity index (χ1v) is 5.16. The zero-order chi connectivity index (χ0) is 9.95. The summed E-state index contributed by atoms with van der Waals surface area (Å²) < 4.78 is 0. The quantitative estimate of drug-likeness (QED) is 0.704. The molecule has 2 heteroatoms. The molecule has 0 saturated heterocycles. The van der Waals surface area contributed by atoms with E-state index >= 15 is 0 Å². The first kappa shape index (κ1) is 10.5. The molecule has 0 atom stereocenters. The molecule has 1 saturated carbocycles. The van der Waals surface area contributed by atoms with Gasteiger partial charge in [0.1, 0.15) is 0 Å². The van der Waals surface area contributed by atoms with Crippen molar-refractivity contribution >= 4 is 0 Å². The number of rotatable bonds is 5. The lowest BCUT2D eigenvalue weighted by Crippen LogP contribution is -2.32. The molecular weight excluding hydrogens is 160 g/mol. The van der Waals surface area contributed by atoms with Crippen molar-refractivity contribution in [2.45, 2.75) is 40.0 Å². The van der Waals surface area contributed by atoms with Gasteiger partial charge >= 0.3 is 0 Å². The highest BCUT2D eigenvalue weighted by atomic mass is 14.9. The van der Waals surface area contributed by atoms with E-state index in [1.165, 1.54) is 6.42 Å². The maximum Gasteiger partial charge on any atom is 0.0703 e. The van der Waals surface area contributed by atoms with E-state index in [2.05, 4.69) is 32.2 Å². The van der Waals surface area contributed by atoms with Gasteiger partial charge in [0.05, 0.1) is 11.5 Å². The maximum absolute atomic E-state index is 8.85. The summed E-state index contributed by atoms with van der Waals surface area (Å²) in [6.07, 6.45) is 3.35. The number of nitrogens with zero attached hydrogens (tertiary/aromatic N) is 1. The second-order valence-corrected chi connectivity index (χ2v) is 5.01. The standard InChI is InChI=1S/C11H20N2/c1-4-10(2,3)8-13-9-11(7-12)5-6-11/h13H,4-6,8-9H2,1-3H3. The summed E-state index contributed by atoms with van der Waals surface area (Å²) >= 11 is 0. The molecule has 0 amide bonds. The number of nitriles is 1. The van der Waals surface area contributed by atoms with Crippen LogP contribution in [0.5, 0.6) is 0 Å². The van der Waals surface area contributed by atoms with Crippen molar-refractivity contribution in [3.05, 3.63) is 0 Å². The third-order valence-electron chi connectivity index (χ3n) is 3.11. The minimum atomic E-state index is 0.00379. The zero-order valence-electron chi connectivity index (χ0n) is 8.98. The van der Waals surface area contributed by atoms with Crippen molar-refractivity contribution in [1.82, 2.24) is 5.32 Å². The Morgan fingerprint density at radius 1 is 1.46 bits per heavy atom. The maximum atomic E-state index is 8.85. The molecule has 0 aromatic carbocycles. The number of hydrogen-bond donors (Lipinski definition) is 1. The van der Waals surface area contributed by atoms with Crippen LogP contribution in [0.4, 0.5) is 0 Å². The van der Waals surface area contributed by atoms with Gasteiger partial charge in [-0.15, -0.1) is 0 Å². The molecular formula is C11H20N2. The van der Waals surface area contributed by atoms with Crippen molar-refractivity contribution in [3.8, 4) is 6.07 Å². The van der Waals surface area contributed by atoms with Crippen LogP contribution in [0, 0.1) is 22.2 Å². The smallest absolute Gasteiger partial charge is 0.0703 e. The molecule has 1 rings (SSSR count). The summed E-state index contributed by atoms with van der Waals surface area (Å²) in [5, 5.41) is 12.3. The highest BCUT2D eigenvalue weighted by Gasteiger charge is 2.42. The van der Waals surface area contributed by atoms with Gasteiger partial charge in [-0.05, 0) is 24.7 Å². The van der Waals surface area contributed by atoms with Crippen LogP contribution in [0.25, 0.3) is 0 Å². The van der Waals surface area contributed by atoms with Crippen LogP contribution in [-0.4, -0.2) is 13.1 Å². The molecule has 1 aliphatic carbocycles. The topological polar surface area (TPSA) is 35.8 Å². The van der Waals surface area contributed by atoms with Crippen molar-refractivity contribution in [1.29, 1.82) is 5.26 Å². The summed E-state index contributed by atoms with van der Waals surface area (Å²) in [6.45, 7) is 8.62. The molecule has 0 heterocycles. The Kier molecular flexibility index (Phi) is 2.98. The Hall–Kier alpha value is -0.550. The van der Waals surface area contributed by atoms with Gasteiger partial charge in [-0.25, -0.2) is 0 Å². The SMILES string of the molecule is CCC(C)(C)CNCC1(C#N)CC1. The largest absolute Gasteiger partial charge is 0.315 e. The normalized spacial score (nSPS) is 19.5. The third kappa shape index (κ3) is 3.00. The fourth-order valence-corrected chi connectivity index (χ4v) is 1.24. The lowest BCUT2D eigenvalue weighted by Gasteiger charge is -2.23. The average molecular weight is 180 g/mol. The molecule has 1 fully saturated rings. The number of nitrogens with one attached hydrogen (secondary N) is 1. The van der Waals surface area contributed by atoms with Gasteiger partial charge in [-0.3, -0.25) is 0 Å². The van der Waals surface area contributed by atoms with E-state index in [0.717, 1.165) is 25.9 Å². The van der Waals surface area contributed by atoms with Gasteiger partial charge < -0.3 is 5.32 Å². The minimum Gasteiger partial charge on any atom is -0.315 e. The van der Waals surface area contributed by atoms with Crippen LogP contribution in [-0.2, 0) is 0 Å². The second-order valence-electron chi connectivity index (χ2n) is 5.01.